The third-order valence-electron chi connectivity index (χ3n) is 6.65. The maximum Gasteiger partial charge on any atom is 0.251 e. The van der Waals surface area contributed by atoms with E-state index in [0.717, 1.165) is 37.1 Å². The molecule has 1 aliphatic heterocycles. The van der Waals surface area contributed by atoms with Crippen molar-refractivity contribution in [3.05, 3.63) is 65.2 Å². The molecule has 8 heteroatoms. The monoisotopic (exact) mass is 487 g/mol. The Morgan fingerprint density at radius 3 is 2.38 bits per heavy atom. The number of hydrogen-bond donors (Lipinski definition) is 2. The van der Waals surface area contributed by atoms with Crippen molar-refractivity contribution in [2.75, 3.05) is 32.8 Å². The summed E-state index contributed by atoms with van der Waals surface area (Å²) in [4.78, 5) is 15.6. The molecule has 1 atom stereocenters. The standard InChI is InChI=1S/C26H37N3O4S/c1-4-22(5-2)25(29-13-15-33-16-14-29)19-27-26(30)24-17-23(12-11-20(24)3)34(31,32)28-18-21-9-7-6-8-10-21/h6-12,17,22,25,28H,4-5,13-16,18-19H2,1-3H3,(H,27,30)/t25-/m0/s1. The lowest BCUT2D eigenvalue weighted by Crippen LogP contribution is -2.52. The Balaban J connectivity index is 1.71. The molecular formula is C26H37N3O4S. The van der Waals surface area contributed by atoms with Crippen molar-refractivity contribution in [1.82, 2.24) is 14.9 Å². The molecule has 1 amide bonds. The maximum atomic E-state index is 13.1. The molecule has 0 spiro atoms. The van der Waals surface area contributed by atoms with Crippen LogP contribution in [0.5, 0.6) is 0 Å². The number of amides is 1. The summed E-state index contributed by atoms with van der Waals surface area (Å²) in [5.41, 5.74) is 1.99. The van der Waals surface area contributed by atoms with Gasteiger partial charge in [-0.05, 0) is 36.1 Å². The fraction of sp³-hybridized carbons (Fsp3) is 0.500. The Morgan fingerprint density at radius 2 is 1.74 bits per heavy atom. The predicted molar refractivity (Wildman–Crippen MR) is 134 cm³/mol. The zero-order valence-corrected chi connectivity index (χ0v) is 21.2. The largest absolute Gasteiger partial charge is 0.379 e. The Kier molecular flexibility index (Phi) is 9.64. The lowest BCUT2D eigenvalue weighted by molar-refractivity contribution is 0.00191. The Morgan fingerprint density at radius 1 is 1.06 bits per heavy atom. The third-order valence-corrected chi connectivity index (χ3v) is 8.05. The highest BCUT2D eigenvalue weighted by molar-refractivity contribution is 7.89. The number of rotatable bonds is 11. The van der Waals surface area contributed by atoms with Gasteiger partial charge in [0, 0.05) is 37.8 Å². The number of ether oxygens (including phenoxy) is 1. The molecule has 2 aromatic carbocycles. The van der Waals surface area contributed by atoms with E-state index in [0.29, 0.717) is 31.2 Å². The van der Waals surface area contributed by atoms with E-state index in [1.54, 1.807) is 12.1 Å². The van der Waals surface area contributed by atoms with Gasteiger partial charge in [0.25, 0.3) is 5.91 Å². The van der Waals surface area contributed by atoms with Gasteiger partial charge in [0.15, 0.2) is 0 Å². The van der Waals surface area contributed by atoms with Crippen LogP contribution in [0.25, 0.3) is 0 Å². The molecule has 2 aromatic rings. The van der Waals surface area contributed by atoms with Crippen LogP contribution in [-0.2, 0) is 21.3 Å². The van der Waals surface area contributed by atoms with Crippen molar-refractivity contribution in [3.8, 4) is 0 Å². The van der Waals surface area contributed by atoms with Gasteiger partial charge in [0.2, 0.25) is 10.0 Å². The van der Waals surface area contributed by atoms with Crippen LogP contribution in [0, 0.1) is 12.8 Å². The van der Waals surface area contributed by atoms with Crippen molar-refractivity contribution in [3.63, 3.8) is 0 Å². The second-order valence-electron chi connectivity index (χ2n) is 8.79. The summed E-state index contributed by atoms with van der Waals surface area (Å²) >= 11 is 0. The van der Waals surface area contributed by atoms with Gasteiger partial charge < -0.3 is 10.1 Å². The zero-order chi connectivity index (χ0) is 24.6. The minimum atomic E-state index is -3.75. The number of hydrogen-bond acceptors (Lipinski definition) is 5. The summed E-state index contributed by atoms with van der Waals surface area (Å²) < 4.78 is 33.9. The average molecular weight is 488 g/mol. The van der Waals surface area contributed by atoms with Gasteiger partial charge in [-0.15, -0.1) is 0 Å². The first-order valence-corrected chi connectivity index (χ1v) is 13.6. The highest BCUT2D eigenvalue weighted by atomic mass is 32.2. The fourth-order valence-corrected chi connectivity index (χ4v) is 5.54. The highest BCUT2D eigenvalue weighted by Gasteiger charge is 2.28. The van der Waals surface area contributed by atoms with Gasteiger partial charge in [0.1, 0.15) is 0 Å². The Hall–Kier alpha value is -2.26. The lowest BCUT2D eigenvalue weighted by Gasteiger charge is -2.38. The normalized spacial score (nSPS) is 15.9. The molecule has 0 radical (unpaired) electrons. The summed E-state index contributed by atoms with van der Waals surface area (Å²) in [5, 5.41) is 3.09. The van der Waals surface area contributed by atoms with Gasteiger partial charge in [0.05, 0.1) is 18.1 Å². The van der Waals surface area contributed by atoms with Crippen molar-refractivity contribution in [2.45, 2.75) is 51.1 Å². The Bertz CT molecular complexity index is 1030. The number of aryl methyl sites for hydroxylation is 1. The number of nitrogens with zero attached hydrogens (tertiary/aromatic N) is 1. The molecule has 1 aliphatic rings. The summed E-state index contributed by atoms with van der Waals surface area (Å²) in [6.07, 6.45) is 2.07. The van der Waals surface area contributed by atoms with E-state index in [-0.39, 0.29) is 23.4 Å². The molecule has 0 aromatic heterocycles. The summed E-state index contributed by atoms with van der Waals surface area (Å²) in [6, 6.07) is 14.3. The van der Waals surface area contributed by atoms with E-state index < -0.39 is 10.0 Å². The molecule has 1 saturated heterocycles. The summed E-state index contributed by atoms with van der Waals surface area (Å²) in [7, 11) is -3.75. The van der Waals surface area contributed by atoms with Crippen LogP contribution < -0.4 is 10.0 Å². The lowest BCUT2D eigenvalue weighted by atomic mass is 9.92. The second-order valence-corrected chi connectivity index (χ2v) is 10.6. The second kappa shape index (κ2) is 12.4. The van der Waals surface area contributed by atoms with E-state index in [9.17, 15) is 13.2 Å². The maximum absolute atomic E-state index is 13.1. The molecule has 1 heterocycles. The zero-order valence-electron chi connectivity index (χ0n) is 20.4. The molecule has 0 saturated carbocycles. The number of nitrogens with one attached hydrogen (secondary N) is 2. The number of morpholine rings is 1. The quantitative estimate of drug-likeness (QED) is 0.508. The van der Waals surface area contributed by atoms with E-state index in [2.05, 4.69) is 28.8 Å². The molecule has 0 aliphatic carbocycles. The summed E-state index contributed by atoms with van der Waals surface area (Å²) in [5.74, 6) is 0.218. The van der Waals surface area contributed by atoms with Gasteiger partial charge in [-0.25, -0.2) is 13.1 Å². The average Bonchev–Trinajstić information content (AvgIpc) is 2.86. The van der Waals surface area contributed by atoms with Crippen LogP contribution in [0.3, 0.4) is 0 Å². The van der Waals surface area contributed by atoms with Crippen molar-refractivity contribution < 1.29 is 17.9 Å². The molecule has 1 fully saturated rings. The minimum absolute atomic E-state index is 0.0869. The van der Waals surface area contributed by atoms with Crippen molar-refractivity contribution in [1.29, 1.82) is 0 Å². The molecule has 2 N–H and O–H groups in total. The molecule has 3 rings (SSSR count). The number of carbonyl (C=O) groups is 1. The molecular weight excluding hydrogens is 450 g/mol. The summed E-state index contributed by atoms with van der Waals surface area (Å²) in [6.45, 7) is 10.0. The predicted octanol–water partition coefficient (Wildman–Crippen LogP) is 3.34. The Labute approximate surface area is 203 Å². The van der Waals surface area contributed by atoms with Crippen LogP contribution in [0.15, 0.2) is 53.4 Å². The van der Waals surface area contributed by atoms with E-state index in [1.165, 1.54) is 6.07 Å². The van der Waals surface area contributed by atoms with Gasteiger partial charge in [-0.1, -0.05) is 63.1 Å². The van der Waals surface area contributed by atoms with Gasteiger partial charge in [-0.2, -0.15) is 0 Å². The topological polar surface area (TPSA) is 87.7 Å². The van der Waals surface area contributed by atoms with E-state index in [4.69, 9.17) is 4.74 Å². The van der Waals surface area contributed by atoms with Crippen LogP contribution in [0.4, 0.5) is 0 Å². The molecule has 186 valence electrons. The first-order valence-electron chi connectivity index (χ1n) is 12.1. The van der Waals surface area contributed by atoms with Gasteiger partial charge in [-0.3, -0.25) is 9.69 Å². The highest BCUT2D eigenvalue weighted by Crippen LogP contribution is 2.21. The first-order chi connectivity index (χ1) is 16.4. The van der Waals surface area contributed by atoms with Crippen molar-refractivity contribution >= 4 is 15.9 Å². The number of benzene rings is 2. The molecule has 7 nitrogen and oxygen atoms in total. The minimum Gasteiger partial charge on any atom is -0.379 e. The van der Waals surface area contributed by atoms with Gasteiger partial charge >= 0.3 is 0 Å². The van der Waals surface area contributed by atoms with Crippen LogP contribution >= 0.6 is 0 Å². The van der Waals surface area contributed by atoms with Crippen molar-refractivity contribution in [2.24, 2.45) is 5.92 Å². The first kappa shape index (κ1) is 26.3. The third kappa shape index (κ3) is 6.88. The van der Waals surface area contributed by atoms with Crippen LogP contribution in [-0.4, -0.2) is 58.1 Å². The fourth-order valence-electron chi connectivity index (χ4n) is 4.50. The molecule has 34 heavy (non-hydrogen) atoms. The van der Waals surface area contributed by atoms with E-state index >= 15 is 0 Å². The van der Waals surface area contributed by atoms with Crippen LogP contribution in [0.2, 0.25) is 0 Å². The number of sulfonamides is 1. The number of carbonyl (C=O) groups excluding carboxylic acids is 1. The molecule has 0 bridgehead atoms. The SMILES string of the molecule is CCC(CC)[C@H](CNC(=O)c1cc(S(=O)(=O)NCc2ccccc2)ccc1C)N1CCOCC1. The molecule has 0 unspecified atom stereocenters. The van der Waals surface area contributed by atoms with E-state index in [1.807, 2.05) is 37.3 Å². The van der Waals surface area contributed by atoms with Crippen LogP contribution in [0.1, 0.15) is 48.2 Å². The smallest absolute Gasteiger partial charge is 0.251 e.